The maximum Gasteiger partial charge on any atom is 0.355 e. The molecule has 0 spiro atoms. The van der Waals surface area contributed by atoms with Crippen LogP contribution in [0, 0.1) is 11.7 Å². The Morgan fingerprint density at radius 1 is 1.19 bits per heavy atom. The molecule has 0 aliphatic carbocycles. The number of Topliss-reactive ketones (excluding diaryl/α,β-unsaturated/α-hetero) is 1. The van der Waals surface area contributed by atoms with Crippen molar-refractivity contribution in [3.63, 3.8) is 0 Å². The van der Waals surface area contributed by atoms with Crippen LogP contribution in [0.2, 0.25) is 0 Å². The van der Waals surface area contributed by atoms with Crippen LogP contribution in [0.25, 0.3) is 11.4 Å². The minimum atomic E-state index is -1.30. The fourth-order valence-corrected chi connectivity index (χ4v) is 1.77. The standard InChI is InChI=1S/C15H13FN2O3/c1-8(2)13(19)11-7-17-14(18-12(11)15(20)21)9-3-5-10(16)6-4-9/h3-8H,1-2H3,(H,20,21). The number of hydrogen-bond donors (Lipinski definition) is 1. The lowest BCUT2D eigenvalue weighted by molar-refractivity contribution is 0.0684. The highest BCUT2D eigenvalue weighted by molar-refractivity contribution is 6.05. The zero-order chi connectivity index (χ0) is 15.6. The number of carboxylic acids is 1. The van der Waals surface area contributed by atoms with E-state index in [0.29, 0.717) is 5.56 Å². The molecule has 1 aromatic heterocycles. The molecule has 0 aliphatic heterocycles. The Morgan fingerprint density at radius 3 is 2.33 bits per heavy atom. The highest BCUT2D eigenvalue weighted by Gasteiger charge is 2.22. The minimum absolute atomic E-state index is 0.0247. The fraction of sp³-hybridized carbons (Fsp3) is 0.200. The summed E-state index contributed by atoms with van der Waals surface area (Å²) in [6.45, 7) is 3.34. The zero-order valence-electron chi connectivity index (χ0n) is 11.5. The summed E-state index contributed by atoms with van der Waals surface area (Å²) < 4.78 is 12.9. The molecule has 0 fully saturated rings. The van der Waals surface area contributed by atoms with E-state index in [4.69, 9.17) is 0 Å². The van der Waals surface area contributed by atoms with Gasteiger partial charge in [0.1, 0.15) is 5.82 Å². The number of aromatic carboxylic acids is 1. The lowest BCUT2D eigenvalue weighted by Crippen LogP contribution is -2.16. The molecule has 0 saturated carbocycles. The van der Waals surface area contributed by atoms with Crippen LogP contribution in [0.5, 0.6) is 0 Å². The second-order valence-electron chi connectivity index (χ2n) is 4.79. The highest BCUT2D eigenvalue weighted by Crippen LogP contribution is 2.19. The summed E-state index contributed by atoms with van der Waals surface area (Å²) >= 11 is 0. The van der Waals surface area contributed by atoms with E-state index in [1.165, 1.54) is 30.5 Å². The SMILES string of the molecule is CC(C)C(=O)c1cnc(-c2ccc(F)cc2)nc1C(=O)O. The van der Waals surface area contributed by atoms with Crippen molar-refractivity contribution in [1.29, 1.82) is 0 Å². The van der Waals surface area contributed by atoms with E-state index in [1.807, 2.05) is 0 Å². The molecule has 108 valence electrons. The molecular weight excluding hydrogens is 275 g/mol. The average molecular weight is 288 g/mol. The molecular formula is C15H13FN2O3. The maximum atomic E-state index is 12.9. The van der Waals surface area contributed by atoms with Crippen molar-refractivity contribution in [2.24, 2.45) is 5.92 Å². The fourth-order valence-electron chi connectivity index (χ4n) is 1.77. The number of ketones is 1. The smallest absolute Gasteiger partial charge is 0.355 e. The number of rotatable bonds is 4. The van der Waals surface area contributed by atoms with Gasteiger partial charge in [0.05, 0.1) is 5.56 Å². The van der Waals surface area contributed by atoms with Crippen LogP contribution in [0.15, 0.2) is 30.5 Å². The number of benzene rings is 1. The third-order valence-corrected chi connectivity index (χ3v) is 2.88. The minimum Gasteiger partial charge on any atom is -0.476 e. The molecule has 1 aromatic carbocycles. The van der Waals surface area contributed by atoms with Gasteiger partial charge in [-0.1, -0.05) is 13.8 Å². The summed E-state index contributed by atoms with van der Waals surface area (Å²) in [7, 11) is 0. The number of carbonyl (C=O) groups excluding carboxylic acids is 1. The van der Waals surface area contributed by atoms with Crippen molar-refractivity contribution in [3.8, 4) is 11.4 Å². The van der Waals surface area contributed by atoms with Crippen LogP contribution in [-0.2, 0) is 0 Å². The molecule has 0 unspecified atom stereocenters. The van der Waals surface area contributed by atoms with E-state index in [2.05, 4.69) is 9.97 Å². The van der Waals surface area contributed by atoms with Crippen molar-refractivity contribution in [2.45, 2.75) is 13.8 Å². The first-order chi connectivity index (χ1) is 9.90. The quantitative estimate of drug-likeness (QED) is 0.875. The van der Waals surface area contributed by atoms with Crippen molar-refractivity contribution < 1.29 is 19.1 Å². The van der Waals surface area contributed by atoms with Crippen LogP contribution < -0.4 is 0 Å². The number of hydrogen-bond acceptors (Lipinski definition) is 4. The Balaban J connectivity index is 2.53. The lowest BCUT2D eigenvalue weighted by atomic mass is 10.0. The summed E-state index contributed by atoms with van der Waals surface area (Å²) in [5, 5.41) is 9.21. The molecule has 6 heteroatoms. The largest absolute Gasteiger partial charge is 0.476 e. The Labute approximate surface area is 120 Å². The van der Waals surface area contributed by atoms with Crippen molar-refractivity contribution in [3.05, 3.63) is 47.5 Å². The van der Waals surface area contributed by atoms with Crippen LogP contribution >= 0.6 is 0 Å². The van der Waals surface area contributed by atoms with Crippen molar-refractivity contribution in [2.75, 3.05) is 0 Å². The molecule has 2 rings (SSSR count). The molecule has 2 aromatic rings. The van der Waals surface area contributed by atoms with Crippen LogP contribution in [0.4, 0.5) is 4.39 Å². The van der Waals surface area contributed by atoms with Gasteiger partial charge in [0.25, 0.3) is 0 Å². The number of carbonyl (C=O) groups is 2. The van der Waals surface area contributed by atoms with Gasteiger partial charge in [0.15, 0.2) is 17.3 Å². The molecule has 0 aliphatic rings. The predicted molar refractivity (Wildman–Crippen MR) is 73.6 cm³/mol. The van der Waals surface area contributed by atoms with E-state index in [0.717, 1.165) is 0 Å². The van der Waals surface area contributed by atoms with Gasteiger partial charge in [-0.3, -0.25) is 4.79 Å². The Hall–Kier alpha value is -2.63. The maximum absolute atomic E-state index is 12.9. The normalized spacial score (nSPS) is 10.7. The molecule has 0 bridgehead atoms. The molecule has 0 atom stereocenters. The van der Waals surface area contributed by atoms with Crippen LogP contribution in [0.1, 0.15) is 34.7 Å². The Bertz CT molecular complexity index is 697. The molecule has 1 N–H and O–H groups in total. The first-order valence-corrected chi connectivity index (χ1v) is 6.30. The number of aromatic nitrogens is 2. The van der Waals surface area contributed by atoms with Crippen molar-refractivity contribution >= 4 is 11.8 Å². The van der Waals surface area contributed by atoms with Gasteiger partial charge in [0, 0.05) is 17.7 Å². The van der Waals surface area contributed by atoms with Crippen LogP contribution in [0.3, 0.4) is 0 Å². The monoisotopic (exact) mass is 288 g/mol. The van der Waals surface area contributed by atoms with E-state index in [9.17, 15) is 19.1 Å². The van der Waals surface area contributed by atoms with Gasteiger partial charge in [-0.25, -0.2) is 19.2 Å². The molecule has 0 saturated heterocycles. The summed E-state index contributed by atoms with van der Waals surface area (Å²) in [4.78, 5) is 31.2. The van der Waals surface area contributed by atoms with Gasteiger partial charge >= 0.3 is 5.97 Å². The summed E-state index contributed by atoms with van der Waals surface area (Å²) in [5.74, 6) is -2.28. The molecule has 5 nitrogen and oxygen atoms in total. The topological polar surface area (TPSA) is 80.2 Å². The summed E-state index contributed by atoms with van der Waals surface area (Å²) in [5.41, 5.74) is 0.105. The van der Waals surface area contributed by atoms with Crippen LogP contribution in [-0.4, -0.2) is 26.8 Å². The first kappa shape index (κ1) is 14.8. The number of halogens is 1. The second-order valence-corrected chi connectivity index (χ2v) is 4.79. The van der Waals surface area contributed by atoms with Gasteiger partial charge in [-0.2, -0.15) is 0 Å². The molecule has 1 heterocycles. The third kappa shape index (κ3) is 3.10. The average Bonchev–Trinajstić information content (AvgIpc) is 2.46. The van der Waals surface area contributed by atoms with E-state index < -0.39 is 11.8 Å². The highest BCUT2D eigenvalue weighted by atomic mass is 19.1. The third-order valence-electron chi connectivity index (χ3n) is 2.88. The number of nitrogens with zero attached hydrogens (tertiary/aromatic N) is 2. The van der Waals surface area contributed by atoms with Gasteiger partial charge < -0.3 is 5.11 Å². The lowest BCUT2D eigenvalue weighted by Gasteiger charge is -2.08. The summed E-state index contributed by atoms with van der Waals surface area (Å²) in [6, 6.07) is 5.35. The Kier molecular flexibility index (Phi) is 4.07. The molecule has 0 amide bonds. The molecule has 0 radical (unpaired) electrons. The van der Waals surface area contributed by atoms with E-state index in [-0.39, 0.29) is 28.8 Å². The summed E-state index contributed by atoms with van der Waals surface area (Å²) in [6.07, 6.45) is 1.21. The number of carboxylic acid groups (broad SMARTS) is 1. The predicted octanol–water partition coefficient (Wildman–Crippen LogP) is 2.82. The van der Waals surface area contributed by atoms with Crippen molar-refractivity contribution in [1.82, 2.24) is 9.97 Å². The van der Waals surface area contributed by atoms with E-state index in [1.54, 1.807) is 13.8 Å². The Morgan fingerprint density at radius 2 is 1.81 bits per heavy atom. The van der Waals surface area contributed by atoms with Gasteiger partial charge in [-0.15, -0.1) is 0 Å². The zero-order valence-corrected chi connectivity index (χ0v) is 11.5. The van der Waals surface area contributed by atoms with E-state index >= 15 is 0 Å². The molecule has 21 heavy (non-hydrogen) atoms. The van der Waals surface area contributed by atoms with Gasteiger partial charge in [-0.05, 0) is 24.3 Å². The van der Waals surface area contributed by atoms with Gasteiger partial charge in [0.2, 0.25) is 0 Å². The first-order valence-electron chi connectivity index (χ1n) is 6.30. The second kappa shape index (κ2) is 5.78.